The van der Waals surface area contributed by atoms with E-state index in [1.165, 1.54) is 0 Å². The molecule has 0 saturated heterocycles. The number of rotatable bonds is 6. The second kappa shape index (κ2) is 6.74. The van der Waals surface area contributed by atoms with Gasteiger partial charge in [-0.05, 0) is 6.08 Å². The summed E-state index contributed by atoms with van der Waals surface area (Å²) in [6.45, 7) is 15.7. The van der Waals surface area contributed by atoms with Crippen molar-refractivity contribution in [1.82, 2.24) is 0 Å². The summed E-state index contributed by atoms with van der Waals surface area (Å²) in [5.41, 5.74) is 0. The summed E-state index contributed by atoms with van der Waals surface area (Å²) in [6, 6.07) is 0. The lowest BCUT2D eigenvalue weighted by molar-refractivity contribution is -0.403. The molecule has 0 N–H and O–H groups in total. The molecule has 0 saturated carbocycles. The molecule has 0 heterocycles. The lowest BCUT2D eigenvalue weighted by atomic mass is 10.2. The third kappa shape index (κ3) is 4.52. The van der Waals surface area contributed by atoms with E-state index in [4.69, 9.17) is 8.85 Å². The Labute approximate surface area is 122 Å². The van der Waals surface area contributed by atoms with Gasteiger partial charge in [-0.2, -0.15) is 0 Å². The van der Waals surface area contributed by atoms with Gasteiger partial charge in [0.05, 0.1) is 11.2 Å². The van der Waals surface area contributed by atoms with Crippen molar-refractivity contribution in [3.8, 4) is 0 Å². The smallest absolute Gasteiger partial charge is 0.471 e. The van der Waals surface area contributed by atoms with Gasteiger partial charge < -0.3 is 8.85 Å². The van der Waals surface area contributed by atoms with Crippen molar-refractivity contribution in [3.63, 3.8) is 0 Å². The van der Waals surface area contributed by atoms with Crippen molar-refractivity contribution >= 4 is 8.56 Å². The Morgan fingerprint density at radius 2 is 1.50 bits per heavy atom. The molecule has 0 aliphatic carbocycles. The molecule has 0 aliphatic rings. The summed E-state index contributed by atoms with van der Waals surface area (Å²) < 4.78 is 11.8. The molecule has 0 spiro atoms. The van der Waals surface area contributed by atoms with Crippen molar-refractivity contribution < 1.29 is 13.8 Å². The third-order valence-electron chi connectivity index (χ3n) is 2.84. The molecule has 0 amide bonds. The summed E-state index contributed by atoms with van der Waals surface area (Å²) in [7, 11) is -2.83. The predicted octanol–water partition coefficient (Wildman–Crippen LogP) is 4.51. The average molecular weight is 299 g/mol. The molecule has 0 unspecified atom stereocenters. The summed E-state index contributed by atoms with van der Waals surface area (Å²) in [5.74, 6) is 0. The zero-order valence-electron chi connectivity index (χ0n) is 13.2. The number of hydrogen-bond acceptors (Lipinski definition) is 4. The first kappa shape index (κ1) is 18.4. The molecule has 0 radical (unpaired) electrons. The first-order chi connectivity index (χ1) is 8.98. The minimum Gasteiger partial charge on any atom is -0.518 e. The van der Waals surface area contributed by atoms with Crippen molar-refractivity contribution in [2.75, 3.05) is 0 Å². The van der Waals surface area contributed by atoms with Gasteiger partial charge in [0.1, 0.15) is 6.26 Å². The van der Waals surface area contributed by atoms with Gasteiger partial charge in [0.15, 0.2) is 0 Å². The maximum absolute atomic E-state index is 10.4. The van der Waals surface area contributed by atoms with Crippen LogP contribution in [0.4, 0.5) is 0 Å². The molecule has 6 heteroatoms. The molecule has 0 aromatic rings. The second-order valence-corrected chi connectivity index (χ2v) is 11.2. The molecule has 0 rings (SSSR count). The molecular formula is C14H25NO4Si. The molecular weight excluding hydrogens is 274 g/mol. The van der Waals surface area contributed by atoms with Crippen LogP contribution in [0.1, 0.15) is 41.5 Å². The number of nitro groups is 1. The van der Waals surface area contributed by atoms with Crippen LogP contribution in [-0.2, 0) is 8.85 Å². The molecule has 5 nitrogen and oxygen atoms in total. The van der Waals surface area contributed by atoms with E-state index >= 15 is 0 Å². The van der Waals surface area contributed by atoms with Crippen LogP contribution in [0.15, 0.2) is 37.5 Å². The van der Waals surface area contributed by atoms with Crippen LogP contribution < -0.4 is 0 Å². The summed E-state index contributed by atoms with van der Waals surface area (Å²) in [6.07, 6.45) is 6.76. The zero-order valence-corrected chi connectivity index (χ0v) is 14.2. The van der Waals surface area contributed by atoms with Crippen LogP contribution >= 0.6 is 0 Å². The maximum Gasteiger partial charge on any atom is 0.471 e. The zero-order chi connectivity index (χ0) is 16.0. The van der Waals surface area contributed by atoms with Gasteiger partial charge in [0.25, 0.3) is 6.20 Å². The first-order valence-electron chi connectivity index (χ1n) is 6.41. The fraction of sp³-hybridized carbons (Fsp3) is 0.571. The van der Waals surface area contributed by atoms with E-state index in [1.807, 2.05) is 41.5 Å². The number of nitrogens with zero attached hydrogens (tertiary/aromatic N) is 1. The first-order valence-corrected chi connectivity index (χ1v) is 8.23. The van der Waals surface area contributed by atoms with E-state index in [9.17, 15) is 10.1 Å². The SMILES string of the molecule is C=C/C=C\O[Si](O/C=C/[N+](=O)[O-])(C(C)(C)C)C(C)(C)C. The summed E-state index contributed by atoms with van der Waals surface area (Å²) in [5, 5.41) is 9.87. The normalized spacial score (nSPS) is 13.7. The maximum atomic E-state index is 10.4. The van der Waals surface area contributed by atoms with Gasteiger partial charge in [0.2, 0.25) is 0 Å². The molecule has 0 bridgehead atoms. The van der Waals surface area contributed by atoms with Gasteiger partial charge in [-0.25, -0.2) is 0 Å². The Morgan fingerprint density at radius 1 is 1.05 bits per heavy atom. The van der Waals surface area contributed by atoms with E-state index in [-0.39, 0.29) is 10.1 Å². The highest BCUT2D eigenvalue weighted by Gasteiger charge is 2.61. The van der Waals surface area contributed by atoms with E-state index in [0.29, 0.717) is 0 Å². The van der Waals surface area contributed by atoms with Crippen molar-refractivity contribution in [3.05, 3.63) is 47.6 Å². The Balaban J connectivity index is 5.62. The number of hydrogen-bond donors (Lipinski definition) is 0. The van der Waals surface area contributed by atoms with Gasteiger partial charge >= 0.3 is 8.56 Å². The Kier molecular flexibility index (Phi) is 6.21. The number of allylic oxidation sites excluding steroid dienone is 2. The lowest BCUT2D eigenvalue weighted by Gasteiger charge is -2.46. The molecule has 0 aromatic carbocycles. The van der Waals surface area contributed by atoms with E-state index in [2.05, 4.69) is 6.58 Å². The molecule has 114 valence electrons. The standard InChI is InChI=1S/C14H25NO4Si/c1-8-9-11-18-20(13(2,3)4,14(5,6)7)19-12-10-15(16)17/h8-12H,1H2,2-7H3/b11-9-,12-10+. The van der Waals surface area contributed by atoms with E-state index in [1.54, 1.807) is 18.4 Å². The predicted molar refractivity (Wildman–Crippen MR) is 82.8 cm³/mol. The van der Waals surface area contributed by atoms with Crippen LogP contribution in [0.3, 0.4) is 0 Å². The van der Waals surface area contributed by atoms with Gasteiger partial charge in [0, 0.05) is 10.1 Å². The molecule has 0 aromatic heterocycles. The Morgan fingerprint density at radius 3 is 1.85 bits per heavy atom. The highest BCUT2D eigenvalue weighted by atomic mass is 28.4. The fourth-order valence-corrected chi connectivity index (χ4v) is 6.47. The van der Waals surface area contributed by atoms with Crippen LogP contribution in [-0.4, -0.2) is 13.5 Å². The van der Waals surface area contributed by atoms with Crippen LogP contribution in [0.5, 0.6) is 0 Å². The minimum atomic E-state index is -2.83. The molecule has 0 fully saturated rings. The molecule has 0 atom stereocenters. The lowest BCUT2D eigenvalue weighted by Crippen LogP contribution is -2.55. The summed E-state index contributed by atoms with van der Waals surface area (Å²) in [4.78, 5) is 9.88. The van der Waals surface area contributed by atoms with Crippen molar-refractivity contribution in [2.24, 2.45) is 0 Å². The second-order valence-electron chi connectivity index (χ2n) is 6.49. The van der Waals surface area contributed by atoms with Crippen LogP contribution in [0.2, 0.25) is 10.1 Å². The quantitative estimate of drug-likeness (QED) is 0.238. The Bertz CT molecular complexity index is 388. The highest BCUT2D eigenvalue weighted by Crippen LogP contribution is 2.52. The monoisotopic (exact) mass is 299 g/mol. The summed E-state index contributed by atoms with van der Waals surface area (Å²) >= 11 is 0. The topological polar surface area (TPSA) is 61.6 Å². The third-order valence-corrected chi connectivity index (χ3v) is 7.73. The average Bonchev–Trinajstić information content (AvgIpc) is 2.23. The molecule has 20 heavy (non-hydrogen) atoms. The van der Waals surface area contributed by atoms with E-state index < -0.39 is 13.5 Å². The van der Waals surface area contributed by atoms with Crippen molar-refractivity contribution in [2.45, 2.75) is 51.6 Å². The van der Waals surface area contributed by atoms with Crippen LogP contribution in [0.25, 0.3) is 0 Å². The van der Waals surface area contributed by atoms with Gasteiger partial charge in [-0.15, -0.1) is 0 Å². The fourth-order valence-electron chi connectivity index (χ4n) is 2.23. The van der Waals surface area contributed by atoms with Gasteiger partial charge in [-0.3, -0.25) is 10.1 Å². The Hall–Kier alpha value is -1.56. The van der Waals surface area contributed by atoms with Crippen molar-refractivity contribution in [1.29, 1.82) is 0 Å². The van der Waals surface area contributed by atoms with Crippen LogP contribution in [0, 0.1) is 10.1 Å². The van der Waals surface area contributed by atoms with Gasteiger partial charge in [-0.1, -0.05) is 54.2 Å². The minimum absolute atomic E-state index is 0.280. The largest absolute Gasteiger partial charge is 0.518 e. The van der Waals surface area contributed by atoms with E-state index in [0.717, 1.165) is 12.5 Å². The highest BCUT2D eigenvalue weighted by molar-refractivity contribution is 6.73. The molecule has 0 aliphatic heterocycles.